The zero-order valence-corrected chi connectivity index (χ0v) is 13.3. The van der Waals surface area contributed by atoms with Gasteiger partial charge < -0.3 is 4.74 Å². The van der Waals surface area contributed by atoms with E-state index in [1.165, 1.54) is 29.6 Å². The maximum Gasteiger partial charge on any atom is 0.242 e. The minimum Gasteiger partial charge on any atom is -0.377 e. The second kappa shape index (κ2) is 6.75. The molecule has 0 saturated carbocycles. The Balaban J connectivity index is 2.16. The van der Waals surface area contributed by atoms with Crippen LogP contribution in [-0.4, -0.2) is 39.0 Å². The highest BCUT2D eigenvalue weighted by molar-refractivity contribution is 7.89. The molecule has 7 heteroatoms. The lowest BCUT2D eigenvalue weighted by molar-refractivity contribution is 0.00858. The van der Waals surface area contributed by atoms with Crippen molar-refractivity contribution in [1.82, 2.24) is 4.31 Å². The molecule has 1 atom stereocenters. The van der Waals surface area contributed by atoms with Gasteiger partial charge in [-0.1, -0.05) is 11.6 Å². The van der Waals surface area contributed by atoms with Crippen LogP contribution in [0.3, 0.4) is 0 Å². The van der Waals surface area contributed by atoms with Gasteiger partial charge in [-0.2, -0.15) is 9.57 Å². The molecule has 0 N–H and O–H groups in total. The molecule has 0 bridgehead atoms. The van der Waals surface area contributed by atoms with Crippen molar-refractivity contribution in [3.05, 3.63) is 28.8 Å². The lowest BCUT2D eigenvalue weighted by Crippen LogP contribution is -2.37. The van der Waals surface area contributed by atoms with Crippen LogP contribution in [0.2, 0.25) is 5.02 Å². The molecule has 0 aromatic heterocycles. The van der Waals surface area contributed by atoms with Gasteiger partial charge in [-0.15, -0.1) is 0 Å². The number of halogens is 1. The van der Waals surface area contributed by atoms with Crippen LogP contribution in [0, 0.1) is 11.3 Å². The van der Waals surface area contributed by atoms with Crippen molar-refractivity contribution in [2.45, 2.75) is 30.3 Å². The predicted octanol–water partition coefficient (Wildman–Crippen LogP) is 2.40. The molecular weight excluding hydrogens is 312 g/mol. The first kappa shape index (κ1) is 16.2. The molecule has 0 amide bonds. The Labute approximate surface area is 130 Å². The fourth-order valence-electron chi connectivity index (χ4n) is 2.26. The number of nitrogens with zero attached hydrogens (tertiary/aromatic N) is 2. The van der Waals surface area contributed by atoms with Gasteiger partial charge in [0.1, 0.15) is 6.07 Å². The van der Waals surface area contributed by atoms with Gasteiger partial charge in [0.05, 0.1) is 21.6 Å². The molecule has 2 rings (SSSR count). The monoisotopic (exact) mass is 328 g/mol. The van der Waals surface area contributed by atoms with E-state index in [2.05, 4.69) is 0 Å². The number of rotatable bonds is 4. The molecule has 1 fully saturated rings. The Kier molecular flexibility index (Phi) is 5.22. The Morgan fingerprint density at radius 3 is 2.81 bits per heavy atom. The fraction of sp³-hybridized carbons (Fsp3) is 0.500. The smallest absolute Gasteiger partial charge is 0.242 e. The van der Waals surface area contributed by atoms with Crippen molar-refractivity contribution >= 4 is 21.6 Å². The largest absolute Gasteiger partial charge is 0.377 e. The molecule has 1 aromatic carbocycles. The fourth-order valence-corrected chi connectivity index (χ4v) is 3.78. The molecule has 1 aliphatic rings. The van der Waals surface area contributed by atoms with Gasteiger partial charge in [0.2, 0.25) is 10.0 Å². The van der Waals surface area contributed by atoms with Gasteiger partial charge in [-0.25, -0.2) is 8.42 Å². The number of benzene rings is 1. The second-order valence-corrected chi connectivity index (χ2v) is 7.48. The standard InChI is InChI=1S/C14H17ClN2O3S/c1-17(10-12-4-2-3-7-20-12)21(18,19)13-6-5-11(9-16)14(15)8-13/h5-6,8,12H,2-4,7,10H2,1H3. The zero-order valence-electron chi connectivity index (χ0n) is 11.8. The van der Waals surface area contributed by atoms with Gasteiger partial charge in [-0.05, 0) is 37.5 Å². The first-order chi connectivity index (χ1) is 9.95. The van der Waals surface area contributed by atoms with Gasteiger partial charge >= 0.3 is 0 Å². The van der Waals surface area contributed by atoms with E-state index in [1.54, 1.807) is 0 Å². The van der Waals surface area contributed by atoms with E-state index in [9.17, 15) is 8.42 Å². The summed E-state index contributed by atoms with van der Waals surface area (Å²) in [5.74, 6) is 0. The molecule has 1 aromatic rings. The molecule has 1 unspecified atom stereocenters. The summed E-state index contributed by atoms with van der Waals surface area (Å²) in [5, 5.41) is 8.97. The van der Waals surface area contributed by atoms with Gasteiger partial charge in [0.15, 0.2) is 0 Å². The normalized spacial score (nSPS) is 19.4. The highest BCUT2D eigenvalue weighted by Crippen LogP contribution is 2.23. The summed E-state index contributed by atoms with van der Waals surface area (Å²) in [4.78, 5) is 0.0878. The molecule has 0 aliphatic carbocycles. The van der Waals surface area contributed by atoms with Crippen LogP contribution in [0.4, 0.5) is 0 Å². The van der Waals surface area contributed by atoms with Gasteiger partial charge in [-0.3, -0.25) is 0 Å². The van der Waals surface area contributed by atoms with Crippen LogP contribution in [0.5, 0.6) is 0 Å². The molecule has 5 nitrogen and oxygen atoms in total. The molecule has 1 saturated heterocycles. The number of nitriles is 1. The van der Waals surface area contributed by atoms with E-state index in [0.717, 1.165) is 19.3 Å². The number of hydrogen-bond donors (Lipinski definition) is 0. The molecular formula is C14H17ClN2O3S. The second-order valence-electron chi connectivity index (χ2n) is 5.03. The third kappa shape index (κ3) is 3.74. The first-order valence-corrected chi connectivity index (χ1v) is 8.54. The van der Waals surface area contributed by atoms with E-state index >= 15 is 0 Å². The lowest BCUT2D eigenvalue weighted by atomic mass is 10.1. The predicted molar refractivity (Wildman–Crippen MR) is 79.6 cm³/mol. The highest BCUT2D eigenvalue weighted by Gasteiger charge is 2.25. The molecule has 21 heavy (non-hydrogen) atoms. The molecule has 1 heterocycles. The van der Waals surface area contributed by atoms with Gasteiger partial charge in [0, 0.05) is 20.2 Å². The van der Waals surface area contributed by atoms with Crippen LogP contribution in [0.25, 0.3) is 0 Å². The summed E-state index contributed by atoms with van der Waals surface area (Å²) in [7, 11) is -2.10. The summed E-state index contributed by atoms with van der Waals surface area (Å²) < 4.78 is 31.8. The quantitative estimate of drug-likeness (QED) is 0.851. The van der Waals surface area contributed by atoms with Crippen LogP contribution < -0.4 is 0 Å². The molecule has 1 aliphatic heterocycles. The number of hydrogen-bond acceptors (Lipinski definition) is 4. The molecule has 0 spiro atoms. The number of likely N-dealkylation sites (N-methyl/N-ethyl adjacent to an activating group) is 1. The summed E-state index contributed by atoms with van der Waals surface area (Å²) in [5.41, 5.74) is 0.258. The van der Waals surface area contributed by atoms with E-state index in [4.69, 9.17) is 21.6 Å². The topological polar surface area (TPSA) is 70.4 Å². The van der Waals surface area contributed by atoms with Crippen LogP contribution >= 0.6 is 11.6 Å². The Morgan fingerprint density at radius 1 is 1.48 bits per heavy atom. The Bertz CT molecular complexity index is 649. The van der Waals surface area contributed by atoms with Crippen LogP contribution in [0.1, 0.15) is 24.8 Å². The maximum absolute atomic E-state index is 12.5. The van der Waals surface area contributed by atoms with Gasteiger partial charge in [0.25, 0.3) is 0 Å². The van der Waals surface area contributed by atoms with E-state index in [1.807, 2.05) is 6.07 Å². The summed E-state index contributed by atoms with van der Waals surface area (Å²) in [6.45, 7) is 1.00. The van der Waals surface area contributed by atoms with E-state index < -0.39 is 10.0 Å². The Morgan fingerprint density at radius 2 is 2.24 bits per heavy atom. The van der Waals surface area contributed by atoms with Crippen molar-refractivity contribution in [3.63, 3.8) is 0 Å². The van der Waals surface area contributed by atoms with Crippen LogP contribution in [0.15, 0.2) is 23.1 Å². The molecule has 114 valence electrons. The SMILES string of the molecule is CN(CC1CCCCO1)S(=O)(=O)c1ccc(C#N)c(Cl)c1. The maximum atomic E-state index is 12.5. The summed E-state index contributed by atoms with van der Waals surface area (Å²) in [6.07, 6.45) is 2.89. The average molecular weight is 329 g/mol. The Hall–Kier alpha value is -1.13. The summed E-state index contributed by atoms with van der Waals surface area (Å²) in [6, 6.07) is 6.04. The van der Waals surface area contributed by atoms with Crippen molar-refractivity contribution in [3.8, 4) is 6.07 Å². The molecule has 0 radical (unpaired) electrons. The minimum atomic E-state index is -3.63. The van der Waals surface area contributed by atoms with E-state index in [0.29, 0.717) is 13.2 Å². The minimum absolute atomic E-state index is 0.0626. The summed E-state index contributed by atoms with van der Waals surface area (Å²) >= 11 is 5.90. The van der Waals surface area contributed by atoms with Crippen LogP contribution in [-0.2, 0) is 14.8 Å². The number of ether oxygens (including phenoxy) is 1. The third-order valence-electron chi connectivity index (χ3n) is 3.50. The lowest BCUT2D eigenvalue weighted by Gasteiger charge is -2.27. The first-order valence-electron chi connectivity index (χ1n) is 6.72. The highest BCUT2D eigenvalue weighted by atomic mass is 35.5. The van der Waals surface area contributed by atoms with Crippen molar-refractivity contribution in [1.29, 1.82) is 5.26 Å². The average Bonchev–Trinajstić information content (AvgIpc) is 2.48. The van der Waals surface area contributed by atoms with E-state index in [-0.39, 0.29) is 21.6 Å². The zero-order chi connectivity index (χ0) is 15.5. The third-order valence-corrected chi connectivity index (χ3v) is 5.64. The van der Waals surface area contributed by atoms with Crippen molar-refractivity contribution < 1.29 is 13.2 Å². The van der Waals surface area contributed by atoms with Crippen molar-refractivity contribution in [2.75, 3.05) is 20.2 Å². The van der Waals surface area contributed by atoms with Crippen molar-refractivity contribution in [2.24, 2.45) is 0 Å². The number of sulfonamides is 1.